The quantitative estimate of drug-likeness (QED) is 0.702. The topological polar surface area (TPSA) is 35.5 Å². The molecular weight excluding hydrogens is 203 g/mol. The SMILES string of the molecule is O=C(COc1ccccc1)OCl.[NaH]. The molecule has 13 heavy (non-hydrogen) atoms. The maximum absolute atomic E-state index is 10.5. The average Bonchev–Trinajstić information content (AvgIpc) is 2.16. The fourth-order valence-electron chi connectivity index (χ4n) is 0.681. The molecule has 5 heteroatoms. The number of carbonyl (C=O) groups is 1. The van der Waals surface area contributed by atoms with Crippen molar-refractivity contribution in [2.75, 3.05) is 6.61 Å². The van der Waals surface area contributed by atoms with Gasteiger partial charge in [0.1, 0.15) is 17.6 Å². The summed E-state index contributed by atoms with van der Waals surface area (Å²) in [7, 11) is 0. The van der Waals surface area contributed by atoms with E-state index in [1.165, 1.54) is 0 Å². The Morgan fingerprint density at radius 1 is 1.31 bits per heavy atom. The van der Waals surface area contributed by atoms with Crippen LogP contribution in [0.4, 0.5) is 0 Å². The van der Waals surface area contributed by atoms with Gasteiger partial charge in [-0.25, -0.2) is 4.79 Å². The minimum atomic E-state index is -0.611. The third kappa shape index (κ3) is 5.16. The fraction of sp³-hybridized carbons (Fsp3) is 0.125. The molecule has 3 nitrogen and oxygen atoms in total. The molecule has 0 spiro atoms. The Kier molecular flexibility index (Phi) is 7.09. The van der Waals surface area contributed by atoms with E-state index in [9.17, 15) is 4.79 Å². The van der Waals surface area contributed by atoms with E-state index in [1.54, 1.807) is 24.3 Å². The first-order valence-electron chi connectivity index (χ1n) is 3.32. The van der Waals surface area contributed by atoms with Gasteiger partial charge >= 0.3 is 35.5 Å². The molecule has 0 amide bonds. The molecule has 0 aromatic heterocycles. The minimum absolute atomic E-state index is 0. The summed E-state index contributed by atoms with van der Waals surface area (Å²) < 4.78 is 8.88. The summed E-state index contributed by atoms with van der Waals surface area (Å²) in [6.45, 7) is -0.173. The zero-order valence-corrected chi connectivity index (χ0v) is 6.95. The summed E-state index contributed by atoms with van der Waals surface area (Å²) in [6.07, 6.45) is 0. The monoisotopic (exact) mass is 210 g/mol. The second-order valence-electron chi connectivity index (χ2n) is 2.05. The van der Waals surface area contributed by atoms with E-state index in [1.807, 2.05) is 6.07 Å². The van der Waals surface area contributed by atoms with Crippen molar-refractivity contribution in [1.82, 2.24) is 0 Å². The molecule has 0 aliphatic carbocycles. The van der Waals surface area contributed by atoms with Gasteiger partial charge < -0.3 is 9.03 Å². The molecule has 1 aromatic rings. The molecule has 66 valence electrons. The Bertz CT molecular complexity index is 253. The fourth-order valence-corrected chi connectivity index (χ4v) is 0.726. The number of halogens is 1. The maximum atomic E-state index is 10.5. The Balaban J connectivity index is 0.00000144. The number of hydrogen-bond donors (Lipinski definition) is 0. The van der Waals surface area contributed by atoms with Gasteiger partial charge in [0.05, 0.1) is 0 Å². The van der Waals surface area contributed by atoms with Crippen LogP contribution in [0.1, 0.15) is 0 Å². The van der Waals surface area contributed by atoms with Gasteiger partial charge in [0.15, 0.2) is 6.61 Å². The van der Waals surface area contributed by atoms with E-state index >= 15 is 0 Å². The zero-order valence-electron chi connectivity index (χ0n) is 6.20. The summed E-state index contributed by atoms with van der Waals surface area (Å²) in [5, 5.41) is 0. The van der Waals surface area contributed by atoms with Crippen LogP contribution in [0, 0.1) is 0 Å². The molecule has 0 aliphatic heterocycles. The number of hydrogen-bond acceptors (Lipinski definition) is 3. The van der Waals surface area contributed by atoms with E-state index in [2.05, 4.69) is 4.29 Å². The van der Waals surface area contributed by atoms with Crippen molar-refractivity contribution < 1.29 is 13.8 Å². The van der Waals surface area contributed by atoms with E-state index in [4.69, 9.17) is 16.6 Å². The number of para-hydroxylation sites is 1. The van der Waals surface area contributed by atoms with Crippen LogP contribution in [0.25, 0.3) is 0 Å². The van der Waals surface area contributed by atoms with Gasteiger partial charge in [0, 0.05) is 0 Å². The predicted molar refractivity (Wildman–Crippen MR) is 51.0 cm³/mol. The van der Waals surface area contributed by atoms with Gasteiger partial charge in [-0.3, -0.25) is 0 Å². The van der Waals surface area contributed by atoms with Crippen molar-refractivity contribution in [3.05, 3.63) is 30.3 Å². The number of carbonyl (C=O) groups excluding carboxylic acids is 1. The summed E-state index contributed by atoms with van der Waals surface area (Å²) in [5.74, 6) is 0.0000800. The van der Waals surface area contributed by atoms with E-state index in [0.717, 1.165) is 0 Å². The molecule has 0 heterocycles. The first-order chi connectivity index (χ1) is 5.83. The molecular formula is C8H8ClNaO3. The van der Waals surface area contributed by atoms with Crippen molar-refractivity contribution in [3.63, 3.8) is 0 Å². The van der Waals surface area contributed by atoms with Gasteiger partial charge in [-0.05, 0) is 12.1 Å². The van der Waals surface area contributed by atoms with Gasteiger partial charge in [-0.15, -0.1) is 0 Å². The van der Waals surface area contributed by atoms with Gasteiger partial charge in [-0.1, -0.05) is 18.2 Å². The molecule has 0 radical (unpaired) electrons. The van der Waals surface area contributed by atoms with Gasteiger partial charge in [0.2, 0.25) is 0 Å². The normalized spacial score (nSPS) is 8.38. The summed E-state index contributed by atoms with van der Waals surface area (Å²) in [5.41, 5.74) is 0. The first kappa shape index (κ1) is 12.8. The number of benzene rings is 1. The molecule has 0 saturated carbocycles. The van der Waals surface area contributed by atoms with Crippen LogP contribution in [0.15, 0.2) is 30.3 Å². The van der Waals surface area contributed by atoms with Crippen LogP contribution in [-0.4, -0.2) is 42.1 Å². The van der Waals surface area contributed by atoms with Gasteiger partial charge in [-0.2, -0.15) is 0 Å². The zero-order chi connectivity index (χ0) is 8.81. The van der Waals surface area contributed by atoms with Crippen molar-refractivity contribution >= 4 is 47.4 Å². The van der Waals surface area contributed by atoms with Crippen LogP contribution in [-0.2, 0) is 9.08 Å². The molecule has 0 fully saturated rings. The van der Waals surface area contributed by atoms with E-state index in [0.29, 0.717) is 5.75 Å². The Hall–Kier alpha value is -0.220. The summed E-state index contributed by atoms with van der Waals surface area (Å²) in [4.78, 5) is 10.5. The Labute approximate surface area is 103 Å². The van der Waals surface area contributed by atoms with Crippen molar-refractivity contribution in [2.45, 2.75) is 0 Å². The van der Waals surface area contributed by atoms with Crippen LogP contribution >= 0.6 is 11.9 Å². The summed E-state index contributed by atoms with van der Waals surface area (Å²) >= 11 is 4.79. The van der Waals surface area contributed by atoms with Crippen molar-refractivity contribution in [1.29, 1.82) is 0 Å². The van der Waals surface area contributed by atoms with Crippen molar-refractivity contribution in [3.8, 4) is 5.75 Å². The third-order valence-corrected chi connectivity index (χ3v) is 1.36. The number of rotatable bonds is 3. The molecule has 0 bridgehead atoms. The molecule has 0 aliphatic rings. The second-order valence-corrected chi connectivity index (χ2v) is 2.21. The first-order valence-corrected chi connectivity index (χ1v) is 3.63. The molecule has 1 aromatic carbocycles. The van der Waals surface area contributed by atoms with Crippen LogP contribution < -0.4 is 4.74 Å². The van der Waals surface area contributed by atoms with Crippen molar-refractivity contribution in [2.24, 2.45) is 0 Å². The molecule has 0 N–H and O–H groups in total. The second kappa shape index (κ2) is 7.21. The van der Waals surface area contributed by atoms with E-state index < -0.39 is 5.97 Å². The predicted octanol–water partition coefficient (Wildman–Crippen LogP) is 1.11. The van der Waals surface area contributed by atoms with Crippen LogP contribution in [0.5, 0.6) is 5.75 Å². The molecule has 0 atom stereocenters. The molecule has 1 rings (SSSR count). The molecule has 0 saturated heterocycles. The Morgan fingerprint density at radius 2 is 1.92 bits per heavy atom. The third-order valence-electron chi connectivity index (χ3n) is 1.19. The Morgan fingerprint density at radius 3 is 2.46 bits per heavy atom. The standard InChI is InChI=1S/C8H7ClO3.Na.H/c9-12-8(10)6-11-7-4-2-1-3-5-7;;/h1-5H,6H2;;. The molecule has 0 unspecified atom stereocenters. The summed E-state index contributed by atoms with van der Waals surface area (Å²) in [6, 6.07) is 8.94. The van der Waals surface area contributed by atoms with E-state index in [-0.39, 0.29) is 36.2 Å². The number of ether oxygens (including phenoxy) is 1. The average molecular weight is 211 g/mol. The van der Waals surface area contributed by atoms with Crippen LogP contribution in [0.3, 0.4) is 0 Å². The van der Waals surface area contributed by atoms with Crippen LogP contribution in [0.2, 0.25) is 0 Å². The van der Waals surface area contributed by atoms with Gasteiger partial charge in [0.25, 0.3) is 0 Å².